The Hall–Kier alpha value is -3.78. The molecule has 0 saturated heterocycles. The van der Waals surface area contributed by atoms with E-state index in [0.29, 0.717) is 33.9 Å². The van der Waals surface area contributed by atoms with Gasteiger partial charge in [0.25, 0.3) is 11.6 Å². The van der Waals surface area contributed by atoms with Crippen LogP contribution in [0.15, 0.2) is 59.1 Å². The molecular weight excluding hydrogens is 396 g/mol. The molecule has 0 unspecified atom stereocenters. The quantitative estimate of drug-likeness (QED) is 0.375. The van der Waals surface area contributed by atoms with Crippen molar-refractivity contribution in [3.05, 3.63) is 81.0 Å². The van der Waals surface area contributed by atoms with Crippen LogP contribution in [-0.2, 0) is 0 Å². The van der Waals surface area contributed by atoms with Crippen molar-refractivity contribution in [1.82, 2.24) is 9.97 Å². The van der Waals surface area contributed by atoms with Crippen molar-refractivity contribution in [3.8, 4) is 11.5 Å². The van der Waals surface area contributed by atoms with Gasteiger partial charge in [0.1, 0.15) is 0 Å². The first-order valence-electron chi connectivity index (χ1n) is 8.51. The number of fused-ring (bicyclic) bond motifs is 1. The maximum atomic E-state index is 12.7. The van der Waals surface area contributed by atoms with Crippen LogP contribution >= 0.6 is 11.6 Å². The number of rotatable bonds is 4. The number of nitrogens with one attached hydrogen (secondary N) is 1. The van der Waals surface area contributed by atoms with Crippen molar-refractivity contribution in [2.24, 2.45) is 0 Å². The van der Waals surface area contributed by atoms with Crippen LogP contribution in [0.25, 0.3) is 22.7 Å². The number of anilines is 1. The Kier molecular flexibility index (Phi) is 4.69. The number of nitrogens with zero attached hydrogens (tertiary/aromatic N) is 3. The number of nitro groups is 1. The van der Waals surface area contributed by atoms with Crippen molar-refractivity contribution in [3.63, 3.8) is 0 Å². The largest absolute Gasteiger partial charge is 0.434 e. The second-order valence-corrected chi connectivity index (χ2v) is 6.60. The van der Waals surface area contributed by atoms with Gasteiger partial charge >= 0.3 is 0 Å². The minimum atomic E-state index is -0.583. The van der Waals surface area contributed by atoms with Crippen LogP contribution in [0.5, 0.6) is 0 Å². The molecule has 4 aromatic rings. The number of oxazole rings is 1. The van der Waals surface area contributed by atoms with Gasteiger partial charge in [0.2, 0.25) is 5.89 Å². The van der Waals surface area contributed by atoms with Crippen LogP contribution in [0.2, 0.25) is 5.02 Å². The van der Waals surface area contributed by atoms with Crippen LogP contribution in [-0.4, -0.2) is 20.8 Å². The van der Waals surface area contributed by atoms with Gasteiger partial charge in [0.05, 0.1) is 15.5 Å². The van der Waals surface area contributed by atoms with E-state index in [-0.39, 0.29) is 16.3 Å². The summed E-state index contributed by atoms with van der Waals surface area (Å²) < 4.78 is 5.76. The molecule has 0 spiro atoms. The summed E-state index contributed by atoms with van der Waals surface area (Å²) in [6.07, 6.45) is 1.63. The number of carbonyl (C=O) groups excluding carboxylic acids is 1. The van der Waals surface area contributed by atoms with Crippen molar-refractivity contribution in [1.29, 1.82) is 0 Å². The van der Waals surface area contributed by atoms with E-state index in [0.717, 1.165) is 6.07 Å². The molecule has 2 aromatic carbocycles. The fourth-order valence-electron chi connectivity index (χ4n) is 2.88. The zero-order chi connectivity index (χ0) is 20.5. The highest BCUT2D eigenvalue weighted by Gasteiger charge is 2.18. The predicted molar refractivity (Wildman–Crippen MR) is 108 cm³/mol. The fourth-order valence-corrected chi connectivity index (χ4v) is 3.08. The number of hydrogen-bond donors (Lipinski definition) is 1. The second kappa shape index (κ2) is 7.33. The molecule has 1 N–H and O–H groups in total. The van der Waals surface area contributed by atoms with Crippen LogP contribution in [0.4, 0.5) is 11.4 Å². The summed E-state index contributed by atoms with van der Waals surface area (Å²) in [7, 11) is 0. The number of carbonyl (C=O) groups is 1. The maximum absolute atomic E-state index is 12.7. The molecule has 0 fully saturated rings. The molecule has 144 valence electrons. The lowest BCUT2D eigenvalue weighted by atomic mass is 10.1. The lowest BCUT2D eigenvalue weighted by Crippen LogP contribution is -2.14. The van der Waals surface area contributed by atoms with Crippen LogP contribution in [0, 0.1) is 17.0 Å². The molecule has 8 nitrogen and oxygen atoms in total. The van der Waals surface area contributed by atoms with Gasteiger partial charge in [-0.25, -0.2) is 4.98 Å². The van der Waals surface area contributed by atoms with E-state index in [9.17, 15) is 14.9 Å². The molecule has 0 atom stereocenters. The minimum Gasteiger partial charge on any atom is -0.434 e. The van der Waals surface area contributed by atoms with Gasteiger partial charge in [0, 0.05) is 29.6 Å². The van der Waals surface area contributed by atoms with Crippen molar-refractivity contribution in [2.45, 2.75) is 6.92 Å². The Morgan fingerprint density at radius 2 is 2.03 bits per heavy atom. The number of pyridine rings is 1. The van der Waals surface area contributed by atoms with E-state index < -0.39 is 10.8 Å². The summed E-state index contributed by atoms with van der Waals surface area (Å²) in [5.74, 6) is -0.182. The number of hydrogen-bond acceptors (Lipinski definition) is 6. The van der Waals surface area contributed by atoms with Crippen molar-refractivity contribution >= 4 is 40.1 Å². The normalized spacial score (nSPS) is 10.8. The monoisotopic (exact) mass is 408 g/mol. The second-order valence-electron chi connectivity index (χ2n) is 6.20. The number of aromatic nitrogens is 2. The lowest BCUT2D eigenvalue weighted by molar-refractivity contribution is -0.384. The molecular formula is C20H13ClN4O4. The van der Waals surface area contributed by atoms with E-state index in [4.69, 9.17) is 16.0 Å². The molecule has 9 heteroatoms. The van der Waals surface area contributed by atoms with Gasteiger partial charge in [-0.05, 0) is 42.8 Å². The van der Waals surface area contributed by atoms with Crippen LogP contribution < -0.4 is 5.32 Å². The average molecular weight is 409 g/mol. The number of non-ortho nitro benzene ring substituents is 1. The van der Waals surface area contributed by atoms with E-state index in [2.05, 4.69) is 15.3 Å². The highest BCUT2D eigenvalue weighted by molar-refractivity contribution is 6.34. The summed E-state index contributed by atoms with van der Waals surface area (Å²) in [6.45, 7) is 1.81. The highest BCUT2D eigenvalue weighted by atomic mass is 35.5. The third kappa shape index (κ3) is 3.53. The number of nitro benzene ring substituents is 1. The zero-order valence-corrected chi connectivity index (χ0v) is 15.8. The Morgan fingerprint density at radius 3 is 2.79 bits per heavy atom. The first-order chi connectivity index (χ1) is 13.9. The van der Waals surface area contributed by atoms with Gasteiger partial charge in [-0.1, -0.05) is 17.7 Å². The van der Waals surface area contributed by atoms with Gasteiger partial charge < -0.3 is 9.73 Å². The molecule has 0 bridgehead atoms. The molecule has 0 aliphatic rings. The SMILES string of the molecule is Cc1c(NC(=O)c2cc([N+](=O)[O-])ccc2Cl)cccc1-c1nc2ncccc2o1. The molecule has 4 rings (SSSR count). The zero-order valence-electron chi connectivity index (χ0n) is 15.0. The molecule has 0 radical (unpaired) electrons. The molecule has 1 amide bonds. The molecule has 2 heterocycles. The lowest BCUT2D eigenvalue weighted by Gasteiger charge is -2.11. The van der Waals surface area contributed by atoms with Gasteiger partial charge in [-0.3, -0.25) is 14.9 Å². The summed E-state index contributed by atoms with van der Waals surface area (Å²) in [4.78, 5) is 31.6. The summed E-state index contributed by atoms with van der Waals surface area (Å²) in [5.41, 5.74) is 2.74. The maximum Gasteiger partial charge on any atom is 0.270 e. The fraction of sp³-hybridized carbons (Fsp3) is 0.0500. The van der Waals surface area contributed by atoms with Gasteiger partial charge in [-0.2, -0.15) is 4.98 Å². The number of benzene rings is 2. The van der Waals surface area contributed by atoms with Gasteiger partial charge in [-0.15, -0.1) is 0 Å². The van der Waals surface area contributed by atoms with Crippen molar-refractivity contribution in [2.75, 3.05) is 5.32 Å². The Bertz CT molecular complexity index is 1240. The number of amides is 1. The molecule has 2 aromatic heterocycles. The Balaban J connectivity index is 1.68. The molecule has 0 aliphatic heterocycles. The average Bonchev–Trinajstić information content (AvgIpc) is 3.13. The first-order valence-corrected chi connectivity index (χ1v) is 8.88. The van der Waals surface area contributed by atoms with E-state index in [1.807, 2.05) is 13.0 Å². The summed E-state index contributed by atoms with van der Waals surface area (Å²) in [6, 6.07) is 12.5. The Morgan fingerprint density at radius 1 is 1.21 bits per heavy atom. The van der Waals surface area contributed by atoms with Crippen molar-refractivity contribution < 1.29 is 14.1 Å². The summed E-state index contributed by atoms with van der Waals surface area (Å²) in [5, 5.41) is 13.8. The molecule has 29 heavy (non-hydrogen) atoms. The van der Waals surface area contributed by atoms with E-state index in [1.54, 1.807) is 30.5 Å². The first kappa shape index (κ1) is 18.6. The topological polar surface area (TPSA) is 111 Å². The summed E-state index contributed by atoms with van der Waals surface area (Å²) >= 11 is 6.06. The van der Waals surface area contributed by atoms with Crippen LogP contribution in [0.3, 0.4) is 0 Å². The Labute approximate surface area is 169 Å². The smallest absolute Gasteiger partial charge is 0.270 e. The predicted octanol–water partition coefficient (Wildman–Crippen LogP) is 5.01. The molecule has 0 saturated carbocycles. The molecule has 0 aliphatic carbocycles. The van der Waals surface area contributed by atoms with Gasteiger partial charge in [0.15, 0.2) is 11.2 Å². The third-order valence-corrected chi connectivity index (χ3v) is 4.71. The standard InChI is InChI=1S/C20H13ClN4O4/c1-11-13(20-24-18-17(29-20)6-3-9-22-18)4-2-5-16(11)23-19(26)14-10-12(25(27)28)7-8-15(14)21/h2-10H,1H3,(H,23,26). The van der Waals surface area contributed by atoms with E-state index >= 15 is 0 Å². The highest BCUT2D eigenvalue weighted by Crippen LogP contribution is 2.31. The number of halogens is 1. The van der Waals surface area contributed by atoms with Crippen LogP contribution in [0.1, 0.15) is 15.9 Å². The van der Waals surface area contributed by atoms with E-state index in [1.165, 1.54) is 12.1 Å². The third-order valence-electron chi connectivity index (χ3n) is 4.38. The minimum absolute atomic E-state index is 0.0109.